The van der Waals surface area contributed by atoms with E-state index < -0.39 is 15.9 Å². The van der Waals surface area contributed by atoms with Gasteiger partial charge in [-0.2, -0.15) is 0 Å². The molecule has 0 bridgehead atoms. The number of amides is 1. The molecule has 10 heteroatoms. The van der Waals surface area contributed by atoms with E-state index >= 15 is 0 Å². The van der Waals surface area contributed by atoms with Crippen LogP contribution in [0.3, 0.4) is 0 Å². The van der Waals surface area contributed by atoms with Crippen molar-refractivity contribution in [1.82, 2.24) is 19.5 Å². The predicted molar refractivity (Wildman–Crippen MR) is 147 cm³/mol. The highest BCUT2D eigenvalue weighted by Gasteiger charge is 2.39. The van der Waals surface area contributed by atoms with E-state index in [1.54, 1.807) is 35.2 Å². The third-order valence-corrected chi connectivity index (χ3v) is 9.32. The van der Waals surface area contributed by atoms with Crippen LogP contribution in [0.2, 0.25) is 0 Å². The van der Waals surface area contributed by atoms with Crippen molar-refractivity contribution in [3.8, 4) is 11.7 Å². The number of pyridine rings is 1. The summed E-state index contributed by atoms with van der Waals surface area (Å²) in [6.07, 6.45) is 12.3. The van der Waals surface area contributed by atoms with Crippen LogP contribution < -0.4 is 14.4 Å². The van der Waals surface area contributed by atoms with Crippen LogP contribution in [0.1, 0.15) is 76.6 Å². The van der Waals surface area contributed by atoms with Gasteiger partial charge >= 0.3 is 0 Å². The number of carbonyl (C=O) groups is 1. The lowest BCUT2D eigenvalue weighted by Gasteiger charge is -2.34. The molecule has 0 unspecified atom stereocenters. The number of allylic oxidation sites excluding steroid dienone is 4. The van der Waals surface area contributed by atoms with E-state index in [4.69, 9.17) is 9.72 Å². The van der Waals surface area contributed by atoms with E-state index in [-0.39, 0.29) is 16.0 Å². The Hall–Kier alpha value is -3.14. The summed E-state index contributed by atoms with van der Waals surface area (Å²) in [7, 11) is -3.95. The standard InChI is InChI=1S/C28H37N5O4S/c1-20-18-27(2,3)32(19-20)25-22(26(34)31-38(35,36)21-8-6-5-7-9-21)10-11-23(29-25)33-16-12-24(30-33)37-17-15-28(4)13-14-28/h5-6,8,10-12,16,20H,7,9,13-15,17-19H2,1-4H3,(H,31,34)/t20-/m0/s1. The van der Waals surface area contributed by atoms with Crippen LogP contribution in [0.15, 0.2) is 47.5 Å². The molecule has 1 atom stereocenters. The number of anilines is 1. The van der Waals surface area contributed by atoms with Crippen molar-refractivity contribution in [2.45, 2.75) is 71.8 Å². The number of nitrogens with one attached hydrogen (secondary N) is 1. The second-order valence-electron chi connectivity index (χ2n) is 11.8. The predicted octanol–water partition coefficient (Wildman–Crippen LogP) is 4.75. The van der Waals surface area contributed by atoms with Gasteiger partial charge in [0.15, 0.2) is 5.82 Å². The minimum absolute atomic E-state index is 0.203. The highest BCUT2D eigenvalue weighted by molar-refractivity contribution is 7.93. The van der Waals surface area contributed by atoms with Gasteiger partial charge in [0.25, 0.3) is 15.9 Å². The lowest BCUT2D eigenvalue weighted by Crippen LogP contribution is -2.41. The zero-order valence-corrected chi connectivity index (χ0v) is 23.4. The molecule has 1 aliphatic heterocycles. The summed E-state index contributed by atoms with van der Waals surface area (Å²) >= 11 is 0. The molecule has 1 amide bonds. The highest BCUT2D eigenvalue weighted by Crippen LogP contribution is 2.48. The molecular formula is C28H37N5O4S. The molecule has 1 N–H and O–H groups in total. The number of hydrogen-bond donors (Lipinski definition) is 1. The third kappa shape index (κ3) is 5.65. The number of nitrogens with zero attached hydrogens (tertiary/aromatic N) is 4. The van der Waals surface area contributed by atoms with E-state index in [0.717, 1.165) is 12.8 Å². The maximum absolute atomic E-state index is 13.4. The molecule has 1 saturated heterocycles. The number of ether oxygens (including phenoxy) is 1. The molecular weight excluding hydrogens is 502 g/mol. The van der Waals surface area contributed by atoms with Crippen molar-refractivity contribution in [2.24, 2.45) is 11.3 Å². The second kappa shape index (κ2) is 9.87. The van der Waals surface area contributed by atoms with Crippen molar-refractivity contribution < 1.29 is 17.9 Å². The smallest absolute Gasteiger partial charge is 0.268 e. The Morgan fingerprint density at radius 1 is 1.21 bits per heavy atom. The zero-order valence-electron chi connectivity index (χ0n) is 22.6. The molecule has 204 valence electrons. The second-order valence-corrected chi connectivity index (χ2v) is 13.6. The summed E-state index contributed by atoms with van der Waals surface area (Å²) in [6, 6.07) is 5.12. The van der Waals surface area contributed by atoms with Gasteiger partial charge in [0.1, 0.15) is 5.82 Å². The Bertz CT molecular complexity index is 1390. The van der Waals surface area contributed by atoms with Gasteiger partial charge in [-0.3, -0.25) is 4.79 Å². The Labute approximate surface area is 225 Å². The van der Waals surface area contributed by atoms with Crippen molar-refractivity contribution in [3.05, 3.63) is 53.1 Å². The Morgan fingerprint density at radius 2 is 2.00 bits per heavy atom. The van der Waals surface area contributed by atoms with Gasteiger partial charge in [0.2, 0.25) is 5.88 Å². The van der Waals surface area contributed by atoms with Gasteiger partial charge < -0.3 is 9.64 Å². The van der Waals surface area contributed by atoms with Crippen molar-refractivity contribution in [1.29, 1.82) is 0 Å². The Morgan fingerprint density at radius 3 is 2.66 bits per heavy atom. The van der Waals surface area contributed by atoms with Crippen LogP contribution in [0.25, 0.3) is 5.82 Å². The molecule has 0 radical (unpaired) electrons. The molecule has 3 heterocycles. The normalized spacial score (nSPS) is 21.7. The lowest BCUT2D eigenvalue weighted by atomic mass is 9.97. The summed E-state index contributed by atoms with van der Waals surface area (Å²) in [5.74, 6) is 1.20. The number of aromatic nitrogens is 3. The summed E-state index contributed by atoms with van der Waals surface area (Å²) < 4.78 is 35.6. The quantitative estimate of drug-likeness (QED) is 0.490. The molecule has 2 aromatic heterocycles. The molecule has 9 nitrogen and oxygen atoms in total. The maximum atomic E-state index is 13.4. The molecule has 38 heavy (non-hydrogen) atoms. The fraction of sp³-hybridized carbons (Fsp3) is 0.536. The largest absolute Gasteiger partial charge is 0.477 e. The number of sulfonamides is 1. The van der Waals surface area contributed by atoms with E-state index in [1.165, 1.54) is 18.9 Å². The molecule has 2 aliphatic carbocycles. The molecule has 5 rings (SSSR count). The zero-order chi connectivity index (χ0) is 27.1. The number of hydrogen-bond acceptors (Lipinski definition) is 7. The lowest BCUT2D eigenvalue weighted by molar-refractivity contribution is 0.0981. The van der Waals surface area contributed by atoms with Gasteiger partial charge in [0, 0.05) is 24.3 Å². The first kappa shape index (κ1) is 26.5. The first-order valence-electron chi connectivity index (χ1n) is 13.4. The average Bonchev–Trinajstić information content (AvgIpc) is 3.29. The van der Waals surface area contributed by atoms with Crippen LogP contribution in [0.4, 0.5) is 5.82 Å². The summed E-state index contributed by atoms with van der Waals surface area (Å²) in [5, 5.41) is 4.54. The van der Waals surface area contributed by atoms with E-state index in [2.05, 4.69) is 42.4 Å². The number of rotatable bonds is 9. The minimum Gasteiger partial charge on any atom is -0.477 e. The molecule has 3 aliphatic rings. The molecule has 2 aromatic rings. The van der Waals surface area contributed by atoms with Gasteiger partial charge in [-0.25, -0.2) is 22.8 Å². The van der Waals surface area contributed by atoms with E-state index in [0.29, 0.717) is 54.8 Å². The topological polar surface area (TPSA) is 106 Å². The number of carbonyl (C=O) groups excluding carboxylic acids is 1. The van der Waals surface area contributed by atoms with E-state index in [9.17, 15) is 13.2 Å². The van der Waals surface area contributed by atoms with Crippen LogP contribution in [0.5, 0.6) is 5.88 Å². The first-order valence-corrected chi connectivity index (χ1v) is 14.8. The fourth-order valence-electron chi connectivity index (χ4n) is 5.33. The summed E-state index contributed by atoms with van der Waals surface area (Å²) in [4.78, 5) is 20.5. The maximum Gasteiger partial charge on any atom is 0.268 e. The van der Waals surface area contributed by atoms with Crippen LogP contribution in [-0.2, 0) is 10.0 Å². The first-order chi connectivity index (χ1) is 18.0. The van der Waals surface area contributed by atoms with Gasteiger partial charge in [-0.1, -0.05) is 26.0 Å². The van der Waals surface area contributed by atoms with Crippen LogP contribution in [0, 0.1) is 11.3 Å². The van der Waals surface area contributed by atoms with Gasteiger partial charge in [-0.15, -0.1) is 5.10 Å². The van der Waals surface area contributed by atoms with Gasteiger partial charge in [-0.05, 0) is 81.9 Å². The minimum atomic E-state index is -3.95. The van der Waals surface area contributed by atoms with Crippen molar-refractivity contribution in [2.75, 3.05) is 18.1 Å². The van der Waals surface area contributed by atoms with Crippen LogP contribution >= 0.6 is 0 Å². The van der Waals surface area contributed by atoms with Gasteiger partial charge in [0.05, 0.1) is 17.1 Å². The molecule has 1 saturated carbocycles. The van der Waals surface area contributed by atoms with E-state index in [1.807, 2.05) is 6.08 Å². The highest BCUT2D eigenvalue weighted by atomic mass is 32.2. The average molecular weight is 540 g/mol. The Kier molecular flexibility index (Phi) is 6.87. The van der Waals surface area contributed by atoms with Crippen molar-refractivity contribution >= 4 is 21.7 Å². The third-order valence-electron chi connectivity index (χ3n) is 7.84. The monoisotopic (exact) mass is 539 g/mol. The summed E-state index contributed by atoms with van der Waals surface area (Å²) in [6.45, 7) is 9.99. The van der Waals surface area contributed by atoms with Crippen LogP contribution in [-0.4, -0.2) is 47.8 Å². The Balaban J connectivity index is 1.43. The molecule has 2 fully saturated rings. The van der Waals surface area contributed by atoms with Crippen molar-refractivity contribution in [3.63, 3.8) is 0 Å². The summed E-state index contributed by atoms with van der Waals surface area (Å²) in [5.41, 5.74) is 0.368. The fourth-order valence-corrected chi connectivity index (χ4v) is 6.46. The molecule has 0 aromatic carbocycles. The molecule has 0 spiro atoms. The SMILES string of the molecule is C[C@@H]1CN(c2nc(-n3ccc(OCCC4(C)CC4)n3)ccc2C(=O)NS(=O)(=O)C2=CC=CCC2)C(C)(C)C1.